The van der Waals surface area contributed by atoms with Gasteiger partial charge in [0.2, 0.25) is 5.89 Å². The molecule has 20 heavy (non-hydrogen) atoms. The van der Waals surface area contributed by atoms with Gasteiger partial charge in [0.25, 0.3) is 0 Å². The third kappa shape index (κ3) is 2.91. The van der Waals surface area contributed by atoms with Gasteiger partial charge in [0, 0.05) is 18.6 Å². The zero-order valence-corrected chi connectivity index (χ0v) is 12.8. The van der Waals surface area contributed by atoms with Gasteiger partial charge in [-0.25, -0.2) is 4.98 Å². The number of aryl methyl sites for hydroxylation is 1. The number of oxazole rings is 1. The van der Waals surface area contributed by atoms with Crippen LogP contribution in [0.5, 0.6) is 0 Å². The van der Waals surface area contributed by atoms with E-state index in [-0.39, 0.29) is 6.04 Å². The molecule has 0 radical (unpaired) electrons. The molecule has 1 aliphatic heterocycles. The molecule has 2 fully saturated rings. The zero-order valence-electron chi connectivity index (χ0n) is 12.8. The second-order valence-corrected chi connectivity index (χ2v) is 6.58. The largest absolute Gasteiger partial charge is 0.444 e. The first-order valence-electron chi connectivity index (χ1n) is 8.10. The minimum atomic E-state index is 0.280. The Bertz CT molecular complexity index is 437. The lowest BCUT2D eigenvalue weighted by Gasteiger charge is -2.41. The van der Waals surface area contributed by atoms with Crippen molar-refractivity contribution in [1.82, 2.24) is 15.2 Å². The summed E-state index contributed by atoms with van der Waals surface area (Å²) in [5.41, 5.74) is 0.338. The molecule has 1 saturated carbocycles. The van der Waals surface area contributed by atoms with Crippen LogP contribution in [-0.2, 0) is 0 Å². The Labute approximate surface area is 121 Å². The van der Waals surface area contributed by atoms with Crippen molar-refractivity contribution in [2.75, 3.05) is 19.6 Å². The van der Waals surface area contributed by atoms with Crippen molar-refractivity contribution in [2.45, 2.75) is 64.0 Å². The maximum Gasteiger partial charge on any atom is 0.211 e. The average Bonchev–Trinajstić information content (AvgIpc) is 2.79. The summed E-state index contributed by atoms with van der Waals surface area (Å²) in [7, 11) is 0. The van der Waals surface area contributed by atoms with Crippen molar-refractivity contribution < 1.29 is 4.42 Å². The van der Waals surface area contributed by atoms with Crippen molar-refractivity contribution in [3.63, 3.8) is 0 Å². The molecule has 1 aromatic rings. The van der Waals surface area contributed by atoms with Crippen LogP contribution >= 0.6 is 0 Å². The van der Waals surface area contributed by atoms with E-state index in [2.05, 4.69) is 22.1 Å². The maximum atomic E-state index is 5.74. The molecule has 3 rings (SSSR count). The van der Waals surface area contributed by atoms with E-state index in [4.69, 9.17) is 4.42 Å². The Morgan fingerprint density at radius 1 is 1.30 bits per heavy atom. The van der Waals surface area contributed by atoms with Crippen LogP contribution in [0, 0.1) is 6.92 Å². The van der Waals surface area contributed by atoms with Crippen molar-refractivity contribution in [3.05, 3.63) is 17.8 Å². The monoisotopic (exact) mass is 277 g/mol. The van der Waals surface area contributed by atoms with Gasteiger partial charge in [-0.3, -0.25) is 4.90 Å². The van der Waals surface area contributed by atoms with Crippen LogP contribution in [0.3, 0.4) is 0 Å². The van der Waals surface area contributed by atoms with E-state index in [0.29, 0.717) is 5.54 Å². The molecule has 1 unspecified atom stereocenters. The number of aromatic nitrogens is 1. The first-order chi connectivity index (χ1) is 9.69. The van der Waals surface area contributed by atoms with Gasteiger partial charge in [0.1, 0.15) is 5.76 Å². The molecule has 0 amide bonds. The molecule has 1 saturated heterocycles. The maximum absolute atomic E-state index is 5.74. The van der Waals surface area contributed by atoms with Gasteiger partial charge in [-0.2, -0.15) is 0 Å². The first kappa shape index (κ1) is 14.1. The molecule has 112 valence electrons. The fourth-order valence-electron chi connectivity index (χ4n) is 3.77. The third-order valence-corrected chi connectivity index (χ3v) is 4.98. The minimum Gasteiger partial charge on any atom is -0.444 e. The summed E-state index contributed by atoms with van der Waals surface area (Å²) in [5, 5.41) is 3.85. The zero-order chi connectivity index (χ0) is 14.0. The quantitative estimate of drug-likeness (QED) is 0.902. The number of hydrogen-bond acceptors (Lipinski definition) is 4. The van der Waals surface area contributed by atoms with Crippen molar-refractivity contribution in [3.8, 4) is 0 Å². The smallest absolute Gasteiger partial charge is 0.211 e. The molecule has 1 atom stereocenters. The van der Waals surface area contributed by atoms with Gasteiger partial charge in [0.05, 0.1) is 12.2 Å². The standard InChI is InChI=1S/C16H27N3O/c1-13-11-17-15(20-13)14(2)19-10-6-9-18-16(12-19)7-4-3-5-8-16/h11,14,18H,3-10,12H2,1-2H3. The van der Waals surface area contributed by atoms with Crippen LogP contribution in [0.4, 0.5) is 0 Å². The lowest BCUT2D eigenvalue weighted by molar-refractivity contribution is 0.121. The molecule has 2 aliphatic rings. The highest BCUT2D eigenvalue weighted by atomic mass is 16.4. The average molecular weight is 277 g/mol. The minimum absolute atomic E-state index is 0.280. The fourth-order valence-corrected chi connectivity index (χ4v) is 3.77. The predicted octanol–water partition coefficient (Wildman–Crippen LogP) is 3.04. The Kier molecular flexibility index (Phi) is 4.13. The second kappa shape index (κ2) is 5.86. The SMILES string of the molecule is Cc1cnc(C(C)N2CCCNC3(CCCCC3)C2)o1. The molecule has 1 N–H and O–H groups in total. The van der Waals surface area contributed by atoms with Gasteiger partial charge < -0.3 is 9.73 Å². The summed E-state index contributed by atoms with van der Waals surface area (Å²) in [6.07, 6.45) is 9.82. The normalized spacial score (nSPS) is 25.5. The highest BCUT2D eigenvalue weighted by Crippen LogP contribution is 2.33. The van der Waals surface area contributed by atoms with Gasteiger partial charge in [-0.15, -0.1) is 0 Å². The Hall–Kier alpha value is -0.870. The summed E-state index contributed by atoms with van der Waals surface area (Å²) >= 11 is 0. The number of hydrogen-bond donors (Lipinski definition) is 1. The van der Waals surface area contributed by atoms with Gasteiger partial charge in [-0.1, -0.05) is 19.3 Å². The molecule has 4 nitrogen and oxygen atoms in total. The number of nitrogens with zero attached hydrogens (tertiary/aromatic N) is 2. The molecule has 1 aliphatic carbocycles. The van der Waals surface area contributed by atoms with Crippen LogP contribution in [0.25, 0.3) is 0 Å². The van der Waals surface area contributed by atoms with E-state index in [1.165, 1.54) is 38.5 Å². The summed E-state index contributed by atoms with van der Waals surface area (Å²) in [6, 6.07) is 0.280. The third-order valence-electron chi connectivity index (χ3n) is 4.98. The highest BCUT2D eigenvalue weighted by Gasteiger charge is 2.36. The molecular weight excluding hydrogens is 250 g/mol. The van der Waals surface area contributed by atoms with Crippen molar-refractivity contribution >= 4 is 0 Å². The first-order valence-corrected chi connectivity index (χ1v) is 8.10. The van der Waals surface area contributed by atoms with Gasteiger partial charge in [-0.05, 0) is 39.7 Å². The summed E-state index contributed by atoms with van der Waals surface area (Å²) < 4.78 is 5.74. The van der Waals surface area contributed by atoms with Crippen LogP contribution < -0.4 is 5.32 Å². The van der Waals surface area contributed by atoms with Gasteiger partial charge in [0.15, 0.2) is 0 Å². The second-order valence-electron chi connectivity index (χ2n) is 6.58. The predicted molar refractivity (Wildman–Crippen MR) is 79.7 cm³/mol. The Balaban J connectivity index is 1.74. The van der Waals surface area contributed by atoms with E-state index in [9.17, 15) is 0 Å². The molecule has 0 bridgehead atoms. The summed E-state index contributed by atoms with van der Waals surface area (Å²) in [6.45, 7) is 7.61. The molecule has 4 heteroatoms. The van der Waals surface area contributed by atoms with Crippen LogP contribution in [-0.4, -0.2) is 35.1 Å². The molecule has 2 heterocycles. The highest BCUT2D eigenvalue weighted by molar-refractivity contribution is 5.00. The molecule has 0 aromatic carbocycles. The van der Waals surface area contributed by atoms with E-state index in [1.807, 2.05) is 13.1 Å². The van der Waals surface area contributed by atoms with Crippen LogP contribution in [0.15, 0.2) is 10.6 Å². The fraction of sp³-hybridized carbons (Fsp3) is 0.812. The Morgan fingerprint density at radius 2 is 2.10 bits per heavy atom. The topological polar surface area (TPSA) is 41.3 Å². The summed E-state index contributed by atoms with van der Waals surface area (Å²) in [4.78, 5) is 6.99. The van der Waals surface area contributed by atoms with E-state index >= 15 is 0 Å². The lowest BCUT2D eigenvalue weighted by Crippen LogP contribution is -2.53. The van der Waals surface area contributed by atoms with Crippen LogP contribution in [0.2, 0.25) is 0 Å². The number of nitrogens with one attached hydrogen (secondary N) is 1. The van der Waals surface area contributed by atoms with Crippen molar-refractivity contribution in [2.24, 2.45) is 0 Å². The molecule has 1 spiro atoms. The van der Waals surface area contributed by atoms with Crippen LogP contribution in [0.1, 0.15) is 63.1 Å². The lowest BCUT2D eigenvalue weighted by atomic mass is 9.81. The van der Waals surface area contributed by atoms with Gasteiger partial charge >= 0.3 is 0 Å². The summed E-state index contributed by atoms with van der Waals surface area (Å²) in [5.74, 6) is 1.78. The van der Waals surface area contributed by atoms with E-state index in [1.54, 1.807) is 0 Å². The Morgan fingerprint density at radius 3 is 2.80 bits per heavy atom. The molecular formula is C16H27N3O. The van der Waals surface area contributed by atoms with E-state index in [0.717, 1.165) is 31.3 Å². The number of rotatable bonds is 2. The van der Waals surface area contributed by atoms with Crippen molar-refractivity contribution in [1.29, 1.82) is 0 Å². The molecule has 1 aromatic heterocycles. The van der Waals surface area contributed by atoms with E-state index < -0.39 is 0 Å².